The molecule has 0 unspecified atom stereocenters. The Bertz CT molecular complexity index is 1230. The van der Waals surface area contributed by atoms with Gasteiger partial charge in [0.2, 0.25) is 0 Å². The molecule has 3 aromatic carbocycles. The molecular weight excluding hydrogens is 426 g/mol. The van der Waals surface area contributed by atoms with Crippen LogP contribution in [0, 0.1) is 0 Å². The average molecular weight is 444 g/mol. The Balaban J connectivity index is 1.71. The van der Waals surface area contributed by atoms with Crippen molar-refractivity contribution in [2.24, 2.45) is 0 Å². The SMILES string of the molecule is COc1ccc(S(=O)(=O)N2CCc3ccccc32)cc1C(=O)Oc1ccccc1Cl. The van der Waals surface area contributed by atoms with E-state index in [0.29, 0.717) is 18.7 Å². The van der Waals surface area contributed by atoms with Crippen molar-refractivity contribution >= 4 is 33.3 Å². The molecule has 0 bridgehead atoms. The molecule has 3 aromatic rings. The number of halogens is 1. The number of hydrogen-bond acceptors (Lipinski definition) is 5. The molecule has 4 rings (SSSR count). The second-order valence-electron chi connectivity index (χ2n) is 6.64. The third-order valence-corrected chi connectivity index (χ3v) is 6.98. The summed E-state index contributed by atoms with van der Waals surface area (Å²) in [7, 11) is -2.47. The van der Waals surface area contributed by atoms with Crippen LogP contribution < -0.4 is 13.8 Å². The molecule has 0 spiro atoms. The van der Waals surface area contributed by atoms with Gasteiger partial charge in [-0.25, -0.2) is 13.2 Å². The first kappa shape index (κ1) is 20.3. The highest BCUT2D eigenvalue weighted by molar-refractivity contribution is 7.92. The number of esters is 1. The van der Waals surface area contributed by atoms with Gasteiger partial charge in [-0.2, -0.15) is 0 Å². The number of fused-ring (bicyclic) bond motifs is 1. The van der Waals surface area contributed by atoms with E-state index in [1.807, 2.05) is 12.1 Å². The number of para-hydroxylation sites is 2. The summed E-state index contributed by atoms with van der Waals surface area (Å²) in [5.41, 5.74) is 1.60. The summed E-state index contributed by atoms with van der Waals surface area (Å²) in [4.78, 5) is 12.8. The fraction of sp³-hybridized carbons (Fsp3) is 0.136. The van der Waals surface area contributed by atoms with Crippen LogP contribution in [0.5, 0.6) is 11.5 Å². The number of benzene rings is 3. The number of sulfonamides is 1. The van der Waals surface area contributed by atoms with Crippen LogP contribution in [0.4, 0.5) is 5.69 Å². The van der Waals surface area contributed by atoms with E-state index >= 15 is 0 Å². The van der Waals surface area contributed by atoms with E-state index in [1.54, 1.807) is 36.4 Å². The molecule has 0 atom stereocenters. The van der Waals surface area contributed by atoms with Crippen molar-refractivity contribution in [1.29, 1.82) is 0 Å². The van der Waals surface area contributed by atoms with E-state index in [-0.39, 0.29) is 27.0 Å². The maximum atomic E-state index is 13.3. The molecule has 1 aliphatic rings. The molecule has 0 saturated carbocycles. The lowest BCUT2D eigenvalue weighted by atomic mass is 10.2. The lowest BCUT2D eigenvalue weighted by Crippen LogP contribution is -2.29. The smallest absolute Gasteiger partial charge is 0.347 e. The van der Waals surface area contributed by atoms with E-state index in [1.165, 1.54) is 29.6 Å². The normalized spacial score (nSPS) is 13.1. The largest absolute Gasteiger partial charge is 0.496 e. The van der Waals surface area contributed by atoms with Crippen LogP contribution in [-0.4, -0.2) is 28.0 Å². The van der Waals surface area contributed by atoms with Gasteiger partial charge in [0.1, 0.15) is 17.1 Å². The van der Waals surface area contributed by atoms with Gasteiger partial charge in [0.25, 0.3) is 10.0 Å². The molecule has 0 amide bonds. The average Bonchev–Trinajstić information content (AvgIpc) is 3.20. The zero-order valence-electron chi connectivity index (χ0n) is 16.0. The number of carbonyl (C=O) groups is 1. The lowest BCUT2D eigenvalue weighted by molar-refractivity contribution is 0.0731. The minimum Gasteiger partial charge on any atom is -0.496 e. The highest BCUT2D eigenvalue weighted by atomic mass is 35.5. The topological polar surface area (TPSA) is 72.9 Å². The van der Waals surface area contributed by atoms with Crippen molar-refractivity contribution < 1.29 is 22.7 Å². The van der Waals surface area contributed by atoms with Crippen molar-refractivity contribution in [3.05, 3.63) is 82.9 Å². The van der Waals surface area contributed by atoms with Crippen LogP contribution >= 0.6 is 11.6 Å². The summed E-state index contributed by atoms with van der Waals surface area (Å²) in [6.07, 6.45) is 0.632. The number of anilines is 1. The predicted molar refractivity (Wildman–Crippen MR) is 114 cm³/mol. The van der Waals surface area contributed by atoms with Crippen molar-refractivity contribution in [3.63, 3.8) is 0 Å². The minimum absolute atomic E-state index is 0.00835. The monoisotopic (exact) mass is 443 g/mol. The van der Waals surface area contributed by atoms with Gasteiger partial charge in [-0.05, 0) is 48.4 Å². The molecule has 0 aliphatic carbocycles. The Kier molecular flexibility index (Phi) is 5.40. The summed E-state index contributed by atoms with van der Waals surface area (Å²) in [5, 5.41) is 0.266. The van der Waals surface area contributed by atoms with Crippen molar-refractivity contribution in [1.82, 2.24) is 0 Å². The second-order valence-corrected chi connectivity index (χ2v) is 8.91. The standard InChI is InChI=1S/C22H18ClNO5S/c1-28-20-11-10-16(14-17(20)22(25)29-21-9-5-3-7-18(21)23)30(26,27)24-13-12-15-6-2-4-8-19(15)24/h2-11,14H,12-13H2,1H3. The molecule has 1 aliphatic heterocycles. The molecule has 0 fully saturated rings. The van der Waals surface area contributed by atoms with Crippen molar-refractivity contribution in [3.8, 4) is 11.5 Å². The first-order valence-electron chi connectivity index (χ1n) is 9.17. The van der Waals surface area contributed by atoms with Gasteiger partial charge < -0.3 is 9.47 Å². The number of carbonyl (C=O) groups excluding carboxylic acids is 1. The fourth-order valence-electron chi connectivity index (χ4n) is 3.37. The number of methoxy groups -OCH3 is 1. The van der Waals surface area contributed by atoms with Crippen LogP contribution in [0.1, 0.15) is 15.9 Å². The number of rotatable bonds is 5. The molecule has 154 valence electrons. The van der Waals surface area contributed by atoms with Crippen LogP contribution in [-0.2, 0) is 16.4 Å². The van der Waals surface area contributed by atoms with E-state index in [2.05, 4.69) is 0 Å². The van der Waals surface area contributed by atoms with E-state index in [9.17, 15) is 13.2 Å². The van der Waals surface area contributed by atoms with Crippen LogP contribution in [0.2, 0.25) is 5.02 Å². The molecule has 0 radical (unpaired) electrons. The molecule has 0 saturated heterocycles. The van der Waals surface area contributed by atoms with Crippen LogP contribution in [0.3, 0.4) is 0 Å². The molecule has 6 nitrogen and oxygen atoms in total. The van der Waals surface area contributed by atoms with Crippen molar-refractivity contribution in [2.45, 2.75) is 11.3 Å². The maximum Gasteiger partial charge on any atom is 0.347 e. The lowest BCUT2D eigenvalue weighted by Gasteiger charge is -2.20. The van der Waals surface area contributed by atoms with Gasteiger partial charge in [-0.15, -0.1) is 0 Å². The van der Waals surface area contributed by atoms with Crippen LogP contribution in [0.15, 0.2) is 71.6 Å². The zero-order valence-corrected chi connectivity index (χ0v) is 17.6. The highest BCUT2D eigenvalue weighted by Gasteiger charge is 2.32. The van der Waals surface area contributed by atoms with Crippen LogP contribution in [0.25, 0.3) is 0 Å². The summed E-state index contributed by atoms with van der Waals surface area (Å²) in [5.74, 6) is -0.389. The number of hydrogen-bond donors (Lipinski definition) is 0. The van der Waals surface area contributed by atoms with Gasteiger partial charge in [0.15, 0.2) is 0 Å². The number of ether oxygens (including phenoxy) is 2. The van der Waals surface area contributed by atoms with E-state index < -0.39 is 16.0 Å². The summed E-state index contributed by atoms with van der Waals surface area (Å²) in [6, 6.07) is 18.0. The Morgan fingerprint density at radius 1 is 1.00 bits per heavy atom. The highest BCUT2D eigenvalue weighted by Crippen LogP contribution is 2.34. The first-order chi connectivity index (χ1) is 14.4. The zero-order chi connectivity index (χ0) is 21.3. The third-order valence-electron chi connectivity index (χ3n) is 4.86. The molecule has 1 heterocycles. The van der Waals surface area contributed by atoms with Crippen molar-refractivity contribution in [2.75, 3.05) is 18.0 Å². The third kappa shape index (κ3) is 3.62. The molecular formula is C22H18ClNO5S. The fourth-order valence-corrected chi connectivity index (χ4v) is 5.08. The Morgan fingerprint density at radius 2 is 1.73 bits per heavy atom. The molecule has 0 aromatic heterocycles. The van der Waals surface area contributed by atoms with Gasteiger partial charge in [-0.1, -0.05) is 41.9 Å². The Morgan fingerprint density at radius 3 is 2.50 bits per heavy atom. The molecule has 8 heteroatoms. The van der Waals surface area contributed by atoms with E-state index in [0.717, 1.165) is 5.56 Å². The second kappa shape index (κ2) is 8.01. The quantitative estimate of drug-likeness (QED) is 0.433. The first-order valence-corrected chi connectivity index (χ1v) is 11.0. The Hall–Kier alpha value is -3.03. The summed E-state index contributed by atoms with van der Waals surface area (Å²) >= 11 is 6.06. The molecule has 30 heavy (non-hydrogen) atoms. The van der Waals surface area contributed by atoms with E-state index in [4.69, 9.17) is 21.1 Å². The predicted octanol–water partition coefficient (Wildman–Crippen LogP) is 4.32. The maximum absolute atomic E-state index is 13.3. The summed E-state index contributed by atoms with van der Waals surface area (Å²) in [6.45, 7) is 0.340. The molecule has 0 N–H and O–H groups in total. The Labute approximate surface area is 179 Å². The number of nitrogens with zero attached hydrogens (tertiary/aromatic N) is 1. The summed E-state index contributed by atoms with van der Waals surface area (Å²) < 4.78 is 38.6. The van der Waals surface area contributed by atoms with Gasteiger partial charge >= 0.3 is 5.97 Å². The van der Waals surface area contributed by atoms with Gasteiger partial charge in [-0.3, -0.25) is 4.31 Å². The van der Waals surface area contributed by atoms with Gasteiger partial charge in [0, 0.05) is 6.54 Å². The minimum atomic E-state index is -3.87. The van der Waals surface area contributed by atoms with Gasteiger partial charge in [0.05, 0.1) is 22.7 Å².